The molecule has 1 amide bonds. The van der Waals surface area contributed by atoms with Gasteiger partial charge in [0.05, 0.1) is 6.61 Å². The average Bonchev–Trinajstić information content (AvgIpc) is 2.62. The molecule has 0 aliphatic rings. The van der Waals surface area contributed by atoms with E-state index in [4.69, 9.17) is 10.5 Å². The average molecular weight is 392 g/mol. The number of nitrogens with zero attached hydrogens (tertiary/aromatic N) is 4. The van der Waals surface area contributed by atoms with Crippen molar-refractivity contribution in [3.8, 4) is 0 Å². The number of amides is 1. The zero-order chi connectivity index (χ0) is 21.0. The Morgan fingerprint density at radius 2 is 2.00 bits per heavy atom. The maximum Gasteiger partial charge on any atom is 0.330 e. The second kappa shape index (κ2) is 8.65. The largest absolute Gasteiger partial charge is 0.383 e. The number of nitrogens with two attached hydrogens (primary N) is 1. The van der Waals surface area contributed by atoms with E-state index in [1.165, 1.54) is 30.9 Å². The summed E-state index contributed by atoms with van der Waals surface area (Å²) in [4.78, 5) is 52.5. The molecule has 28 heavy (non-hydrogen) atoms. The first-order valence-electron chi connectivity index (χ1n) is 8.65. The molecule has 0 bridgehead atoms. The van der Waals surface area contributed by atoms with Crippen LogP contribution in [0.15, 0.2) is 26.5 Å². The van der Waals surface area contributed by atoms with Crippen LogP contribution in [0.1, 0.15) is 24.3 Å². The van der Waals surface area contributed by atoms with Crippen molar-refractivity contribution in [3.05, 3.63) is 49.0 Å². The number of aromatic nitrogens is 4. The van der Waals surface area contributed by atoms with E-state index in [1.54, 1.807) is 0 Å². The van der Waals surface area contributed by atoms with Gasteiger partial charge < -0.3 is 10.5 Å². The lowest BCUT2D eigenvalue weighted by Gasteiger charge is -2.24. The number of hydrogen-bond acceptors (Lipinski definition) is 7. The number of ether oxygens (including phenoxy) is 1. The van der Waals surface area contributed by atoms with E-state index >= 15 is 0 Å². The molecule has 0 saturated carbocycles. The molecule has 0 unspecified atom stereocenters. The Kier molecular flexibility index (Phi) is 6.52. The smallest absolute Gasteiger partial charge is 0.330 e. The summed E-state index contributed by atoms with van der Waals surface area (Å²) in [6.07, 6.45) is 0. The molecule has 0 radical (unpaired) electrons. The third kappa shape index (κ3) is 4.36. The van der Waals surface area contributed by atoms with Gasteiger partial charge in [0, 0.05) is 33.3 Å². The van der Waals surface area contributed by atoms with Gasteiger partial charge in [-0.1, -0.05) is 13.8 Å². The Morgan fingerprint density at radius 1 is 1.32 bits per heavy atom. The molecule has 2 heterocycles. The summed E-state index contributed by atoms with van der Waals surface area (Å²) < 4.78 is 7.25. The van der Waals surface area contributed by atoms with Gasteiger partial charge >= 0.3 is 5.69 Å². The molecule has 2 rings (SSSR count). The van der Waals surface area contributed by atoms with Gasteiger partial charge in [-0.15, -0.1) is 0 Å². The van der Waals surface area contributed by atoms with Crippen LogP contribution in [0.25, 0.3) is 0 Å². The minimum Gasteiger partial charge on any atom is -0.383 e. The lowest BCUT2D eigenvalue weighted by atomic mass is 10.2. The highest BCUT2D eigenvalue weighted by atomic mass is 16.5. The first kappa shape index (κ1) is 21.1. The van der Waals surface area contributed by atoms with Crippen molar-refractivity contribution < 1.29 is 9.53 Å². The quantitative estimate of drug-likeness (QED) is 0.625. The molecule has 0 spiro atoms. The Morgan fingerprint density at radius 3 is 2.57 bits per heavy atom. The summed E-state index contributed by atoms with van der Waals surface area (Å²) in [6, 6.07) is 2.46. The number of H-pyrrole nitrogens is 1. The van der Waals surface area contributed by atoms with Crippen LogP contribution in [-0.4, -0.2) is 45.5 Å². The zero-order valence-corrected chi connectivity index (χ0v) is 16.3. The van der Waals surface area contributed by atoms with Gasteiger partial charge in [0.15, 0.2) is 5.69 Å². The molecule has 11 nitrogen and oxygen atoms in total. The number of carbonyl (C=O) groups excluding carboxylic acids is 1. The number of carbonyl (C=O) groups is 1. The van der Waals surface area contributed by atoms with Gasteiger partial charge in [0.1, 0.15) is 11.5 Å². The van der Waals surface area contributed by atoms with Crippen LogP contribution in [0.4, 0.5) is 11.5 Å². The first-order chi connectivity index (χ1) is 13.2. The predicted molar refractivity (Wildman–Crippen MR) is 104 cm³/mol. The van der Waals surface area contributed by atoms with E-state index < -0.39 is 17.2 Å². The van der Waals surface area contributed by atoms with E-state index in [9.17, 15) is 19.2 Å². The lowest BCUT2D eigenvalue weighted by Crippen LogP contribution is -2.43. The van der Waals surface area contributed by atoms with Gasteiger partial charge in [-0.3, -0.25) is 28.8 Å². The molecule has 0 fully saturated rings. The second-order valence-electron chi connectivity index (χ2n) is 6.63. The van der Waals surface area contributed by atoms with E-state index in [-0.39, 0.29) is 48.4 Å². The molecule has 2 aromatic rings. The van der Waals surface area contributed by atoms with Crippen LogP contribution >= 0.6 is 0 Å². The van der Waals surface area contributed by atoms with E-state index in [0.29, 0.717) is 0 Å². The minimum atomic E-state index is -0.795. The van der Waals surface area contributed by atoms with Crippen LogP contribution in [0.3, 0.4) is 0 Å². The lowest BCUT2D eigenvalue weighted by molar-refractivity contribution is 0.0968. The molecule has 2 aromatic heterocycles. The summed E-state index contributed by atoms with van der Waals surface area (Å²) in [7, 11) is 2.85. The predicted octanol–water partition coefficient (Wildman–Crippen LogP) is -0.838. The van der Waals surface area contributed by atoms with Crippen LogP contribution in [0.2, 0.25) is 0 Å². The van der Waals surface area contributed by atoms with Crippen LogP contribution in [0, 0.1) is 5.92 Å². The fourth-order valence-corrected chi connectivity index (χ4v) is 2.64. The number of aryl methyl sites for hydroxylation is 1. The fourth-order valence-electron chi connectivity index (χ4n) is 2.64. The van der Waals surface area contributed by atoms with E-state index in [2.05, 4.69) is 10.1 Å². The van der Waals surface area contributed by atoms with Crippen molar-refractivity contribution in [2.45, 2.75) is 20.4 Å². The summed E-state index contributed by atoms with van der Waals surface area (Å²) in [6.45, 7) is 4.14. The number of aromatic amines is 1. The van der Waals surface area contributed by atoms with Crippen LogP contribution in [-0.2, 0) is 18.3 Å². The summed E-state index contributed by atoms with van der Waals surface area (Å²) >= 11 is 0. The molecule has 0 atom stereocenters. The number of hydrogen-bond donors (Lipinski definition) is 2. The summed E-state index contributed by atoms with van der Waals surface area (Å²) in [5.74, 6) is -0.705. The number of nitrogen functional groups attached to an aromatic ring is 1. The molecule has 152 valence electrons. The normalized spacial score (nSPS) is 11.0. The maximum atomic E-state index is 13.0. The number of methoxy groups -OCH3 is 1. The Labute approximate surface area is 160 Å². The Bertz CT molecular complexity index is 1040. The maximum absolute atomic E-state index is 13.0. The first-order valence-corrected chi connectivity index (χ1v) is 8.65. The topological polar surface area (TPSA) is 145 Å². The van der Waals surface area contributed by atoms with Gasteiger partial charge in [0.25, 0.3) is 17.0 Å². The monoisotopic (exact) mass is 392 g/mol. The van der Waals surface area contributed by atoms with E-state index in [0.717, 1.165) is 9.58 Å². The van der Waals surface area contributed by atoms with Gasteiger partial charge in [-0.05, 0) is 12.0 Å². The number of rotatable bonds is 7. The van der Waals surface area contributed by atoms with Crippen molar-refractivity contribution in [1.29, 1.82) is 0 Å². The van der Waals surface area contributed by atoms with E-state index in [1.807, 2.05) is 13.8 Å². The SMILES string of the molecule is COCCN(C(=O)c1ccc(=O)n(C)n1)c1c(N)n(CC(C)C)c(=O)[nH]c1=O. The molecule has 3 N–H and O–H groups in total. The van der Waals surface area contributed by atoms with Crippen LogP contribution in [0.5, 0.6) is 0 Å². The zero-order valence-electron chi connectivity index (χ0n) is 16.3. The second-order valence-corrected chi connectivity index (χ2v) is 6.63. The number of nitrogens with one attached hydrogen (secondary N) is 1. The minimum absolute atomic E-state index is 0.00693. The standard InChI is InChI=1S/C17H24N6O5/c1-10(2)9-23-14(18)13(15(25)19-17(23)27)22(7-8-28-4)16(26)11-5-6-12(24)21(3)20-11/h5-6,10H,7-9,18H2,1-4H3,(H,19,25,27). The highest BCUT2D eigenvalue weighted by Crippen LogP contribution is 2.19. The van der Waals surface area contributed by atoms with Crippen LogP contribution < -0.4 is 27.4 Å². The fraction of sp³-hybridized carbons (Fsp3) is 0.471. The third-order valence-corrected chi connectivity index (χ3v) is 3.98. The van der Waals surface area contributed by atoms with Crippen molar-refractivity contribution in [1.82, 2.24) is 19.3 Å². The van der Waals surface area contributed by atoms with Crippen molar-refractivity contribution in [3.63, 3.8) is 0 Å². The molecule has 0 saturated heterocycles. The third-order valence-electron chi connectivity index (χ3n) is 3.98. The summed E-state index contributed by atoms with van der Waals surface area (Å²) in [5.41, 5.74) is 4.05. The molecule has 0 aliphatic heterocycles. The van der Waals surface area contributed by atoms with Crippen molar-refractivity contribution in [2.24, 2.45) is 13.0 Å². The highest BCUT2D eigenvalue weighted by molar-refractivity contribution is 6.05. The molecule has 0 aliphatic carbocycles. The summed E-state index contributed by atoms with van der Waals surface area (Å²) in [5, 5.41) is 3.93. The highest BCUT2D eigenvalue weighted by Gasteiger charge is 2.26. The van der Waals surface area contributed by atoms with Crippen molar-refractivity contribution >= 4 is 17.4 Å². The Hall–Kier alpha value is -3.21. The van der Waals surface area contributed by atoms with Gasteiger partial charge in [-0.2, -0.15) is 5.10 Å². The van der Waals surface area contributed by atoms with Gasteiger partial charge in [-0.25, -0.2) is 9.48 Å². The molecule has 11 heteroatoms. The Balaban J connectivity index is 2.63. The van der Waals surface area contributed by atoms with Crippen molar-refractivity contribution in [2.75, 3.05) is 30.9 Å². The van der Waals surface area contributed by atoms with Gasteiger partial charge in [0.2, 0.25) is 0 Å². The number of anilines is 2. The molecular weight excluding hydrogens is 368 g/mol. The molecule has 0 aromatic carbocycles. The molecular formula is C17H24N6O5.